The van der Waals surface area contributed by atoms with Gasteiger partial charge in [0.25, 0.3) is 0 Å². The van der Waals surface area contributed by atoms with E-state index >= 15 is 0 Å². The number of nitrogens with one attached hydrogen (secondary N) is 1. The molecule has 2 atom stereocenters. The predicted octanol–water partition coefficient (Wildman–Crippen LogP) is 3.24. The molecule has 1 aromatic heterocycles. The van der Waals surface area contributed by atoms with Crippen molar-refractivity contribution in [1.82, 2.24) is 10.3 Å². The Hall–Kier alpha value is -0.840. The number of hydrogen-bond donors (Lipinski definition) is 1. The number of hydrogen-bond acceptors (Lipinski definition) is 4. The van der Waals surface area contributed by atoms with Crippen LogP contribution < -0.4 is 10.2 Å². The number of anilines is 1. The molecule has 1 aromatic rings. The number of halogens is 1. The van der Waals surface area contributed by atoms with E-state index in [-0.39, 0.29) is 17.7 Å². The van der Waals surface area contributed by atoms with Crippen LogP contribution in [0.25, 0.3) is 0 Å². The number of morpholine rings is 1. The van der Waals surface area contributed by atoms with Gasteiger partial charge in [-0.2, -0.15) is 0 Å². The van der Waals surface area contributed by atoms with E-state index in [0.717, 1.165) is 31.0 Å². The first kappa shape index (κ1) is 16.5. The average molecular weight is 312 g/mol. The van der Waals surface area contributed by atoms with Gasteiger partial charge in [0, 0.05) is 31.4 Å². The molecule has 0 amide bonds. The van der Waals surface area contributed by atoms with Crippen LogP contribution >= 0.6 is 11.6 Å². The van der Waals surface area contributed by atoms with Gasteiger partial charge in [0.15, 0.2) is 0 Å². The van der Waals surface area contributed by atoms with E-state index in [9.17, 15) is 0 Å². The minimum absolute atomic E-state index is 0.0836. The third-order valence-corrected chi connectivity index (χ3v) is 3.70. The van der Waals surface area contributed by atoms with Crippen molar-refractivity contribution in [2.75, 3.05) is 18.0 Å². The van der Waals surface area contributed by atoms with E-state index in [1.807, 2.05) is 12.3 Å². The normalized spacial score (nSPS) is 23.4. The van der Waals surface area contributed by atoms with Crippen LogP contribution in [0.4, 0.5) is 5.82 Å². The Balaban J connectivity index is 2.08. The van der Waals surface area contributed by atoms with Gasteiger partial charge in [-0.1, -0.05) is 11.6 Å². The first-order chi connectivity index (χ1) is 9.74. The van der Waals surface area contributed by atoms with E-state index in [1.54, 1.807) is 0 Å². The summed E-state index contributed by atoms with van der Waals surface area (Å²) in [5.74, 6) is 0.859. The number of pyridine rings is 1. The minimum Gasteiger partial charge on any atom is -0.372 e. The quantitative estimate of drug-likeness (QED) is 0.930. The third kappa shape index (κ3) is 4.83. The lowest BCUT2D eigenvalue weighted by Gasteiger charge is -2.36. The van der Waals surface area contributed by atoms with Crippen LogP contribution in [0.1, 0.15) is 40.2 Å². The molecular weight excluding hydrogens is 286 g/mol. The van der Waals surface area contributed by atoms with Crippen LogP contribution in [0, 0.1) is 0 Å². The second kappa shape index (κ2) is 6.51. The number of aromatic nitrogens is 1. The fraction of sp³-hybridized carbons (Fsp3) is 0.688. The highest BCUT2D eigenvalue weighted by molar-refractivity contribution is 6.33. The van der Waals surface area contributed by atoms with E-state index in [1.165, 1.54) is 0 Å². The lowest BCUT2D eigenvalue weighted by atomic mass is 10.1. The maximum absolute atomic E-state index is 6.44. The largest absolute Gasteiger partial charge is 0.372 e. The van der Waals surface area contributed by atoms with Gasteiger partial charge in [0.1, 0.15) is 5.82 Å². The molecule has 1 saturated heterocycles. The van der Waals surface area contributed by atoms with Crippen molar-refractivity contribution in [2.45, 2.75) is 58.9 Å². The molecule has 1 N–H and O–H groups in total. The van der Waals surface area contributed by atoms with E-state index in [4.69, 9.17) is 16.3 Å². The highest BCUT2D eigenvalue weighted by Gasteiger charge is 2.24. The molecule has 5 heteroatoms. The molecule has 2 unspecified atom stereocenters. The Morgan fingerprint density at radius 1 is 1.33 bits per heavy atom. The number of ether oxygens (including phenoxy) is 1. The van der Waals surface area contributed by atoms with Crippen LogP contribution in [-0.2, 0) is 11.3 Å². The molecule has 0 aromatic carbocycles. The molecule has 118 valence electrons. The maximum Gasteiger partial charge on any atom is 0.147 e. The van der Waals surface area contributed by atoms with Crippen LogP contribution in [0.2, 0.25) is 5.02 Å². The Kier molecular flexibility index (Phi) is 5.12. The molecular formula is C16H26ClN3O. The second-order valence-electron chi connectivity index (χ2n) is 6.91. The molecule has 2 heterocycles. The topological polar surface area (TPSA) is 37.4 Å². The Labute approximate surface area is 132 Å². The van der Waals surface area contributed by atoms with Crippen molar-refractivity contribution in [3.05, 3.63) is 22.8 Å². The summed E-state index contributed by atoms with van der Waals surface area (Å²) in [6, 6.07) is 2.01. The van der Waals surface area contributed by atoms with E-state index in [0.29, 0.717) is 5.02 Å². The zero-order valence-electron chi connectivity index (χ0n) is 13.6. The zero-order chi connectivity index (χ0) is 15.6. The fourth-order valence-corrected chi connectivity index (χ4v) is 2.83. The standard InChI is InChI=1S/C16H26ClN3O/c1-11-9-20(10-12(2)21-11)15-14(17)6-13(7-18-15)8-19-16(3,4)5/h6-7,11-12,19H,8-10H2,1-5H3. The summed E-state index contributed by atoms with van der Waals surface area (Å²) in [6.07, 6.45) is 2.31. The molecule has 0 saturated carbocycles. The summed E-state index contributed by atoms with van der Waals surface area (Å²) in [7, 11) is 0. The SMILES string of the molecule is CC1CN(c2ncc(CNC(C)(C)C)cc2Cl)CC(C)O1. The molecule has 0 radical (unpaired) electrons. The fourth-order valence-electron chi connectivity index (χ4n) is 2.52. The Morgan fingerprint density at radius 2 is 1.95 bits per heavy atom. The highest BCUT2D eigenvalue weighted by Crippen LogP contribution is 2.27. The zero-order valence-corrected chi connectivity index (χ0v) is 14.4. The molecule has 1 aliphatic rings. The van der Waals surface area contributed by atoms with Gasteiger partial charge in [-0.25, -0.2) is 4.98 Å². The first-order valence-electron chi connectivity index (χ1n) is 7.54. The third-order valence-electron chi connectivity index (χ3n) is 3.42. The van der Waals surface area contributed by atoms with Crippen molar-refractivity contribution in [2.24, 2.45) is 0 Å². The van der Waals surface area contributed by atoms with Gasteiger partial charge in [0.2, 0.25) is 0 Å². The molecule has 4 nitrogen and oxygen atoms in total. The van der Waals surface area contributed by atoms with Gasteiger partial charge >= 0.3 is 0 Å². The van der Waals surface area contributed by atoms with Crippen molar-refractivity contribution >= 4 is 17.4 Å². The summed E-state index contributed by atoms with van der Waals surface area (Å²) < 4.78 is 5.75. The average Bonchev–Trinajstić information content (AvgIpc) is 2.34. The van der Waals surface area contributed by atoms with Gasteiger partial charge in [-0.05, 0) is 46.2 Å². The second-order valence-corrected chi connectivity index (χ2v) is 7.32. The predicted molar refractivity (Wildman–Crippen MR) is 88.1 cm³/mol. The van der Waals surface area contributed by atoms with E-state index in [2.05, 4.69) is 49.8 Å². The maximum atomic E-state index is 6.44. The molecule has 0 bridgehead atoms. The summed E-state index contributed by atoms with van der Waals surface area (Å²) in [6.45, 7) is 13.0. The van der Waals surface area contributed by atoms with Crippen LogP contribution in [-0.4, -0.2) is 35.8 Å². The molecule has 2 rings (SSSR count). The van der Waals surface area contributed by atoms with Crippen LogP contribution in [0.15, 0.2) is 12.3 Å². The molecule has 1 aliphatic heterocycles. The smallest absolute Gasteiger partial charge is 0.147 e. The number of rotatable bonds is 3. The van der Waals surface area contributed by atoms with Gasteiger partial charge in [-0.3, -0.25) is 0 Å². The van der Waals surface area contributed by atoms with Crippen molar-refractivity contribution in [3.8, 4) is 0 Å². The summed E-state index contributed by atoms with van der Waals surface area (Å²) >= 11 is 6.44. The van der Waals surface area contributed by atoms with Crippen molar-refractivity contribution < 1.29 is 4.74 Å². The van der Waals surface area contributed by atoms with Crippen molar-refractivity contribution in [1.29, 1.82) is 0 Å². The van der Waals surface area contributed by atoms with Crippen LogP contribution in [0.3, 0.4) is 0 Å². The first-order valence-corrected chi connectivity index (χ1v) is 7.92. The van der Waals surface area contributed by atoms with Gasteiger partial charge in [-0.15, -0.1) is 0 Å². The molecule has 1 fully saturated rings. The minimum atomic E-state index is 0.0836. The molecule has 21 heavy (non-hydrogen) atoms. The monoisotopic (exact) mass is 311 g/mol. The summed E-state index contributed by atoms with van der Waals surface area (Å²) in [5.41, 5.74) is 1.19. The lowest BCUT2D eigenvalue weighted by Crippen LogP contribution is -2.46. The van der Waals surface area contributed by atoms with Gasteiger partial charge < -0.3 is 15.0 Å². The van der Waals surface area contributed by atoms with E-state index < -0.39 is 0 Å². The number of nitrogens with zero attached hydrogens (tertiary/aromatic N) is 2. The van der Waals surface area contributed by atoms with Crippen LogP contribution in [0.5, 0.6) is 0 Å². The highest BCUT2D eigenvalue weighted by atomic mass is 35.5. The van der Waals surface area contributed by atoms with Gasteiger partial charge in [0.05, 0.1) is 17.2 Å². The molecule has 0 aliphatic carbocycles. The Bertz CT molecular complexity index is 477. The van der Waals surface area contributed by atoms with Crippen molar-refractivity contribution in [3.63, 3.8) is 0 Å². The molecule has 0 spiro atoms. The summed E-state index contributed by atoms with van der Waals surface area (Å²) in [4.78, 5) is 6.78. The summed E-state index contributed by atoms with van der Waals surface area (Å²) in [5, 5.41) is 4.16. The Morgan fingerprint density at radius 3 is 2.48 bits per heavy atom. The lowest BCUT2D eigenvalue weighted by molar-refractivity contribution is -0.00545.